The second-order valence-corrected chi connectivity index (χ2v) is 10.2. The third-order valence-electron chi connectivity index (χ3n) is 5.49. The minimum Gasteiger partial charge on any atom is -0.493 e. The van der Waals surface area contributed by atoms with E-state index in [0.29, 0.717) is 42.7 Å². The predicted octanol–water partition coefficient (Wildman–Crippen LogP) is 3.38. The summed E-state index contributed by atoms with van der Waals surface area (Å²) in [6.45, 7) is 1.62. The first-order valence-electron chi connectivity index (χ1n) is 9.70. The number of hydrogen-bond donors (Lipinski definition) is 0. The molecule has 1 saturated heterocycles. The number of nitrogens with zero attached hydrogens (tertiary/aromatic N) is 3. The number of rotatable bonds is 5. The first-order valence-corrected chi connectivity index (χ1v) is 12.1. The van der Waals surface area contributed by atoms with E-state index in [1.165, 1.54) is 0 Å². The van der Waals surface area contributed by atoms with Gasteiger partial charge in [-0.1, -0.05) is 5.16 Å². The van der Waals surface area contributed by atoms with Crippen LogP contribution in [0, 0.1) is 5.92 Å². The van der Waals surface area contributed by atoms with Crippen molar-refractivity contribution in [2.24, 2.45) is 5.92 Å². The van der Waals surface area contributed by atoms with E-state index in [1.807, 2.05) is 16.8 Å². The number of piperidine rings is 1. The SMILES string of the molecule is O=S(=O)(c1ccc2c(c1)CCO2)N1CCC[C@@H](Cc2nc(-c3ccsc3)no2)C1. The molecule has 0 amide bonds. The highest BCUT2D eigenvalue weighted by Gasteiger charge is 2.32. The summed E-state index contributed by atoms with van der Waals surface area (Å²) in [5, 5.41) is 8.00. The lowest BCUT2D eigenvalue weighted by Crippen LogP contribution is -2.40. The summed E-state index contributed by atoms with van der Waals surface area (Å²) in [5.74, 6) is 2.09. The van der Waals surface area contributed by atoms with Gasteiger partial charge in [-0.3, -0.25) is 0 Å². The molecule has 0 aliphatic carbocycles. The zero-order chi connectivity index (χ0) is 19.8. The molecule has 0 unspecified atom stereocenters. The highest BCUT2D eigenvalue weighted by atomic mass is 32.2. The Morgan fingerprint density at radius 1 is 1.28 bits per heavy atom. The van der Waals surface area contributed by atoms with Gasteiger partial charge in [-0.2, -0.15) is 20.6 Å². The lowest BCUT2D eigenvalue weighted by molar-refractivity contribution is 0.247. The largest absolute Gasteiger partial charge is 0.493 e. The maximum absolute atomic E-state index is 13.2. The second-order valence-electron chi connectivity index (χ2n) is 7.47. The molecular weight excluding hydrogens is 410 g/mol. The van der Waals surface area contributed by atoms with Gasteiger partial charge in [0.25, 0.3) is 0 Å². The molecule has 29 heavy (non-hydrogen) atoms. The predicted molar refractivity (Wildman–Crippen MR) is 108 cm³/mol. The Morgan fingerprint density at radius 2 is 2.21 bits per heavy atom. The number of aromatic nitrogens is 2. The van der Waals surface area contributed by atoms with E-state index >= 15 is 0 Å². The van der Waals surface area contributed by atoms with Crippen molar-refractivity contribution in [1.29, 1.82) is 0 Å². The molecule has 9 heteroatoms. The molecule has 1 fully saturated rings. The number of sulfonamides is 1. The van der Waals surface area contributed by atoms with Gasteiger partial charge in [-0.15, -0.1) is 0 Å². The first kappa shape index (κ1) is 18.8. The van der Waals surface area contributed by atoms with Crippen molar-refractivity contribution in [3.05, 3.63) is 46.5 Å². The molecule has 3 aromatic rings. The number of thiophene rings is 1. The smallest absolute Gasteiger partial charge is 0.243 e. The molecule has 4 heterocycles. The number of benzene rings is 1. The zero-order valence-corrected chi connectivity index (χ0v) is 17.4. The lowest BCUT2D eigenvalue weighted by atomic mass is 9.96. The Kier molecular flexibility index (Phi) is 4.89. The average Bonchev–Trinajstić information content (AvgIpc) is 3.48. The topological polar surface area (TPSA) is 85.5 Å². The molecule has 152 valence electrons. The van der Waals surface area contributed by atoms with Crippen molar-refractivity contribution in [3.63, 3.8) is 0 Å². The Morgan fingerprint density at radius 3 is 3.07 bits per heavy atom. The van der Waals surface area contributed by atoms with Crippen LogP contribution in [-0.2, 0) is 22.9 Å². The van der Waals surface area contributed by atoms with Crippen molar-refractivity contribution in [1.82, 2.24) is 14.4 Å². The van der Waals surface area contributed by atoms with E-state index in [4.69, 9.17) is 9.26 Å². The van der Waals surface area contributed by atoms with Crippen LogP contribution in [0.4, 0.5) is 0 Å². The molecular formula is C20H21N3O4S2. The highest BCUT2D eigenvalue weighted by molar-refractivity contribution is 7.89. The van der Waals surface area contributed by atoms with Crippen LogP contribution in [0.1, 0.15) is 24.3 Å². The molecule has 0 spiro atoms. The van der Waals surface area contributed by atoms with E-state index in [2.05, 4.69) is 10.1 Å². The maximum atomic E-state index is 13.2. The summed E-state index contributed by atoms with van der Waals surface area (Å²) in [4.78, 5) is 4.83. The summed E-state index contributed by atoms with van der Waals surface area (Å²) in [5.41, 5.74) is 1.91. The Bertz CT molecular complexity index is 1110. The molecule has 2 aromatic heterocycles. The standard InChI is InChI=1S/C20H21N3O4S2/c24-29(25,17-3-4-18-15(11-17)5-8-26-18)23-7-1-2-14(12-23)10-19-21-20(22-27-19)16-6-9-28-13-16/h3-4,6,9,11,13-14H,1-2,5,7-8,10,12H2/t14-/m0/s1. The summed E-state index contributed by atoms with van der Waals surface area (Å²) < 4.78 is 38.9. The van der Waals surface area contributed by atoms with Crippen LogP contribution in [0.15, 0.2) is 44.4 Å². The molecule has 0 bridgehead atoms. The third-order valence-corrected chi connectivity index (χ3v) is 8.04. The normalized spacial score (nSPS) is 19.8. The molecule has 0 saturated carbocycles. The molecule has 1 atom stereocenters. The van der Waals surface area contributed by atoms with Crippen molar-refractivity contribution < 1.29 is 17.7 Å². The van der Waals surface area contributed by atoms with Gasteiger partial charge in [0.2, 0.25) is 21.7 Å². The first-order chi connectivity index (χ1) is 14.1. The van der Waals surface area contributed by atoms with Crippen molar-refractivity contribution in [3.8, 4) is 17.1 Å². The highest BCUT2D eigenvalue weighted by Crippen LogP contribution is 2.31. The van der Waals surface area contributed by atoms with Crippen LogP contribution in [0.5, 0.6) is 5.75 Å². The minimum absolute atomic E-state index is 0.159. The van der Waals surface area contributed by atoms with Crippen LogP contribution in [0.2, 0.25) is 0 Å². The fourth-order valence-electron chi connectivity index (χ4n) is 3.98. The summed E-state index contributed by atoms with van der Waals surface area (Å²) in [6.07, 6.45) is 3.11. The monoisotopic (exact) mass is 431 g/mol. The van der Waals surface area contributed by atoms with Gasteiger partial charge in [0.15, 0.2) is 0 Å². The number of fused-ring (bicyclic) bond motifs is 1. The Labute approximate surface area is 173 Å². The van der Waals surface area contributed by atoms with Crippen molar-refractivity contribution >= 4 is 21.4 Å². The van der Waals surface area contributed by atoms with E-state index in [1.54, 1.807) is 33.8 Å². The second kappa shape index (κ2) is 7.55. The van der Waals surface area contributed by atoms with Gasteiger partial charge in [0.1, 0.15) is 5.75 Å². The van der Waals surface area contributed by atoms with Crippen LogP contribution >= 0.6 is 11.3 Å². The van der Waals surface area contributed by atoms with E-state index in [0.717, 1.165) is 36.1 Å². The van der Waals surface area contributed by atoms with Crippen molar-refractivity contribution in [2.45, 2.75) is 30.6 Å². The van der Waals surface area contributed by atoms with Crippen molar-refractivity contribution in [2.75, 3.05) is 19.7 Å². The molecule has 0 N–H and O–H groups in total. The van der Waals surface area contributed by atoms with Crippen LogP contribution < -0.4 is 4.74 Å². The fourth-order valence-corrected chi connectivity index (χ4v) is 6.22. The molecule has 2 aliphatic rings. The molecule has 7 nitrogen and oxygen atoms in total. The molecule has 5 rings (SSSR count). The summed E-state index contributed by atoms with van der Waals surface area (Å²) in [6, 6.07) is 7.12. The fraction of sp³-hybridized carbons (Fsp3) is 0.400. The minimum atomic E-state index is -3.53. The number of hydrogen-bond acceptors (Lipinski definition) is 7. The molecule has 1 aromatic carbocycles. The zero-order valence-electron chi connectivity index (χ0n) is 15.8. The molecule has 2 aliphatic heterocycles. The average molecular weight is 432 g/mol. The quantitative estimate of drug-likeness (QED) is 0.616. The van der Waals surface area contributed by atoms with Gasteiger partial charge >= 0.3 is 0 Å². The van der Waals surface area contributed by atoms with Gasteiger partial charge in [-0.25, -0.2) is 8.42 Å². The van der Waals surface area contributed by atoms with E-state index in [9.17, 15) is 8.42 Å². The van der Waals surface area contributed by atoms with Gasteiger partial charge in [0, 0.05) is 36.9 Å². The Hall–Kier alpha value is -2.23. The van der Waals surface area contributed by atoms with Gasteiger partial charge in [-0.05, 0) is 54.0 Å². The van der Waals surface area contributed by atoms with Gasteiger partial charge < -0.3 is 9.26 Å². The summed E-state index contributed by atoms with van der Waals surface area (Å²) in [7, 11) is -3.53. The molecule has 0 radical (unpaired) electrons. The number of ether oxygens (including phenoxy) is 1. The summed E-state index contributed by atoms with van der Waals surface area (Å²) >= 11 is 1.58. The van der Waals surface area contributed by atoms with Gasteiger partial charge in [0.05, 0.1) is 11.5 Å². The van der Waals surface area contributed by atoms with Crippen LogP contribution in [0.25, 0.3) is 11.4 Å². The van der Waals surface area contributed by atoms with Crippen LogP contribution in [0.3, 0.4) is 0 Å². The van der Waals surface area contributed by atoms with E-state index in [-0.39, 0.29) is 5.92 Å². The van der Waals surface area contributed by atoms with E-state index < -0.39 is 10.0 Å². The third kappa shape index (κ3) is 3.70. The maximum Gasteiger partial charge on any atom is 0.243 e. The van der Waals surface area contributed by atoms with Crippen LogP contribution in [-0.4, -0.2) is 42.6 Å². The Balaban J connectivity index is 1.30. The lowest BCUT2D eigenvalue weighted by Gasteiger charge is -2.31.